The van der Waals surface area contributed by atoms with Crippen LogP contribution in [0.5, 0.6) is 0 Å². The Morgan fingerprint density at radius 2 is 2.00 bits per heavy atom. The topological polar surface area (TPSA) is 41.1 Å². The maximum atomic E-state index is 12.6. The van der Waals surface area contributed by atoms with E-state index >= 15 is 0 Å². The van der Waals surface area contributed by atoms with Crippen LogP contribution in [0.4, 0.5) is 18.9 Å². The van der Waals surface area contributed by atoms with E-state index in [0.29, 0.717) is 0 Å². The number of hydrogen-bond acceptors (Lipinski definition) is 2. The van der Waals surface area contributed by atoms with Gasteiger partial charge in [0.2, 0.25) is 5.91 Å². The summed E-state index contributed by atoms with van der Waals surface area (Å²) >= 11 is 0. The second kappa shape index (κ2) is 6.09. The van der Waals surface area contributed by atoms with Gasteiger partial charge in [-0.3, -0.25) is 4.79 Å². The summed E-state index contributed by atoms with van der Waals surface area (Å²) in [4.78, 5) is 11.2. The fraction of sp³-hybridized carbons (Fsp3) is 0.250. The lowest BCUT2D eigenvalue weighted by molar-refractivity contribution is -0.137. The monoisotopic (exact) mass is 258 g/mol. The van der Waals surface area contributed by atoms with Crippen molar-refractivity contribution in [1.29, 1.82) is 0 Å². The molecule has 1 aromatic carbocycles. The summed E-state index contributed by atoms with van der Waals surface area (Å²) in [5, 5.41) is 4.92. The van der Waals surface area contributed by atoms with Crippen LogP contribution < -0.4 is 10.6 Å². The average molecular weight is 258 g/mol. The molecule has 18 heavy (non-hydrogen) atoms. The van der Waals surface area contributed by atoms with Crippen LogP contribution in [0.15, 0.2) is 36.9 Å². The van der Waals surface area contributed by atoms with Gasteiger partial charge in [0.25, 0.3) is 0 Å². The van der Waals surface area contributed by atoms with Gasteiger partial charge in [0.05, 0.1) is 12.1 Å². The predicted octanol–water partition coefficient (Wildman–Crippen LogP) is 2.42. The van der Waals surface area contributed by atoms with Gasteiger partial charge in [-0.1, -0.05) is 18.2 Å². The largest absolute Gasteiger partial charge is 0.418 e. The van der Waals surface area contributed by atoms with Crippen molar-refractivity contribution < 1.29 is 18.0 Å². The number of carbonyl (C=O) groups excluding carboxylic acids is 1. The Bertz CT molecular complexity index is 430. The highest BCUT2D eigenvalue weighted by Crippen LogP contribution is 2.34. The van der Waals surface area contributed by atoms with E-state index in [9.17, 15) is 18.0 Å². The van der Waals surface area contributed by atoms with Crippen LogP contribution in [0.3, 0.4) is 0 Å². The van der Waals surface area contributed by atoms with Gasteiger partial charge in [-0.15, -0.1) is 6.58 Å². The van der Waals surface area contributed by atoms with E-state index in [1.54, 1.807) is 0 Å². The molecule has 0 aliphatic rings. The fourth-order valence-corrected chi connectivity index (χ4v) is 1.31. The van der Waals surface area contributed by atoms with E-state index in [2.05, 4.69) is 17.2 Å². The molecule has 0 spiro atoms. The molecule has 1 rings (SSSR count). The normalized spacial score (nSPS) is 10.8. The molecule has 0 saturated carbocycles. The summed E-state index contributed by atoms with van der Waals surface area (Å²) in [6.45, 7) is 3.47. The molecular formula is C12H13F3N2O. The van der Waals surface area contributed by atoms with Gasteiger partial charge in [-0.2, -0.15) is 13.2 Å². The first-order valence-electron chi connectivity index (χ1n) is 5.23. The van der Waals surface area contributed by atoms with Gasteiger partial charge in [-0.05, 0) is 12.1 Å². The molecule has 6 heteroatoms. The number of alkyl halides is 3. The summed E-state index contributed by atoms with van der Waals surface area (Å²) in [5.74, 6) is -0.396. The minimum absolute atomic E-state index is 0.112. The Kier molecular flexibility index (Phi) is 4.76. The zero-order chi connectivity index (χ0) is 13.6. The Morgan fingerprint density at radius 1 is 1.33 bits per heavy atom. The minimum atomic E-state index is -4.44. The number of benzene rings is 1. The molecule has 0 unspecified atom stereocenters. The molecule has 0 bridgehead atoms. The van der Waals surface area contributed by atoms with Gasteiger partial charge in [0.15, 0.2) is 0 Å². The van der Waals surface area contributed by atoms with Crippen molar-refractivity contribution in [3.63, 3.8) is 0 Å². The van der Waals surface area contributed by atoms with E-state index in [0.717, 1.165) is 6.07 Å². The number of para-hydroxylation sites is 1. The van der Waals surface area contributed by atoms with E-state index in [1.165, 1.54) is 24.3 Å². The molecule has 3 nitrogen and oxygen atoms in total. The van der Waals surface area contributed by atoms with E-state index in [1.807, 2.05) is 0 Å². The third-order valence-corrected chi connectivity index (χ3v) is 2.12. The molecule has 1 aromatic rings. The summed E-state index contributed by atoms with van der Waals surface area (Å²) in [6, 6.07) is 5.01. The molecule has 0 heterocycles. The molecule has 0 atom stereocenters. The van der Waals surface area contributed by atoms with Crippen LogP contribution in [-0.2, 0) is 11.0 Å². The highest BCUT2D eigenvalue weighted by molar-refractivity contribution is 5.81. The lowest BCUT2D eigenvalue weighted by atomic mass is 10.1. The standard InChI is InChI=1S/C12H13F3N2O/c1-2-7-16-11(18)8-17-10-6-4-3-5-9(10)12(13,14)15/h2-6,17H,1,7-8H2,(H,16,18). The summed E-state index contributed by atoms with van der Waals surface area (Å²) in [7, 11) is 0. The molecule has 0 aliphatic heterocycles. The van der Waals surface area contributed by atoms with Gasteiger partial charge >= 0.3 is 6.18 Å². The Hall–Kier alpha value is -1.98. The summed E-state index contributed by atoms with van der Waals surface area (Å²) in [5.41, 5.74) is -0.903. The number of anilines is 1. The first-order valence-corrected chi connectivity index (χ1v) is 5.23. The molecule has 0 fully saturated rings. The van der Waals surface area contributed by atoms with Crippen LogP contribution in [0.1, 0.15) is 5.56 Å². The van der Waals surface area contributed by atoms with Crippen molar-refractivity contribution in [2.45, 2.75) is 6.18 Å². The second-order valence-corrected chi connectivity index (χ2v) is 3.49. The van der Waals surface area contributed by atoms with Crippen molar-refractivity contribution in [3.05, 3.63) is 42.5 Å². The van der Waals surface area contributed by atoms with Crippen molar-refractivity contribution in [2.75, 3.05) is 18.4 Å². The minimum Gasteiger partial charge on any atom is -0.376 e. The Labute approximate surface area is 103 Å². The number of halogens is 3. The molecule has 0 saturated heterocycles. The van der Waals surface area contributed by atoms with Gasteiger partial charge in [0.1, 0.15) is 0 Å². The van der Waals surface area contributed by atoms with Crippen molar-refractivity contribution in [1.82, 2.24) is 5.32 Å². The third-order valence-electron chi connectivity index (χ3n) is 2.12. The maximum absolute atomic E-state index is 12.6. The third kappa shape index (κ3) is 4.12. The van der Waals surface area contributed by atoms with E-state index < -0.39 is 17.6 Å². The van der Waals surface area contributed by atoms with Gasteiger partial charge in [0, 0.05) is 12.2 Å². The lowest BCUT2D eigenvalue weighted by Gasteiger charge is -2.13. The summed E-state index contributed by atoms with van der Waals surface area (Å²) in [6.07, 6.45) is -2.96. The fourth-order valence-electron chi connectivity index (χ4n) is 1.31. The van der Waals surface area contributed by atoms with Crippen LogP contribution >= 0.6 is 0 Å². The maximum Gasteiger partial charge on any atom is 0.418 e. The molecule has 98 valence electrons. The predicted molar refractivity (Wildman–Crippen MR) is 63.1 cm³/mol. The second-order valence-electron chi connectivity index (χ2n) is 3.49. The zero-order valence-corrected chi connectivity index (χ0v) is 9.55. The van der Waals surface area contributed by atoms with E-state index in [4.69, 9.17) is 0 Å². The first kappa shape index (κ1) is 14.1. The Morgan fingerprint density at radius 3 is 2.61 bits per heavy atom. The first-order chi connectivity index (χ1) is 8.45. The number of carbonyl (C=O) groups is 1. The van der Waals surface area contributed by atoms with Crippen molar-refractivity contribution in [3.8, 4) is 0 Å². The SMILES string of the molecule is C=CCNC(=O)CNc1ccccc1C(F)(F)F. The van der Waals surface area contributed by atoms with Crippen LogP contribution in [0, 0.1) is 0 Å². The number of amides is 1. The number of hydrogen-bond donors (Lipinski definition) is 2. The highest BCUT2D eigenvalue weighted by Gasteiger charge is 2.33. The molecular weight excluding hydrogens is 245 g/mol. The highest BCUT2D eigenvalue weighted by atomic mass is 19.4. The molecule has 1 amide bonds. The zero-order valence-electron chi connectivity index (χ0n) is 9.55. The van der Waals surface area contributed by atoms with Crippen LogP contribution in [-0.4, -0.2) is 19.0 Å². The quantitative estimate of drug-likeness (QED) is 0.796. The van der Waals surface area contributed by atoms with Gasteiger partial charge < -0.3 is 10.6 Å². The van der Waals surface area contributed by atoms with Crippen LogP contribution in [0.2, 0.25) is 0 Å². The molecule has 0 aromatic heterocycles. The Balaban J connectivity index is 2.68. The smallest absolute Gasteiger partial charge is 0.376 e. The summed E-state index contributed by atoms with van der Waals surface area (Å²) < 4.78 is 37.9. The number of nitrogens with one attached hydrogen (secondary N) is 2. The van der Waals surface area contributed by atoms with E-state index in [-0.39, 0.29) is 18.8 Å². The van der Waals surface area contributed by atoms with Crippen molar-refractivity contribution in [2.24, 2.45) is 0 Å². The molecule has 2 N–H and O–H groups in total. The number of rotatable bonds is 5. The van der Waals surface area contributed by atoms with Crippen molar-refractivity contribution >= 4 is 11.6 Å². The molecule has 0 radical (unpaired) electrons. The van der Waals surface area contributed by atoms with Crippen LogP contribution in [0.25, 0.3) is 0 Å². The average Bonchev–Trinajstić information content (AvgIpc) is 2.33. The lowest BCUT2D eigenvalue weighted by Crippen LogP contribution is -2.30. The van der Waals surface area contributed by atoms with Gasteiger partial charge in [-0.25, -0.2) is 0 Å². The molecule has 0 aliphatic carbocycles.